The lowest BCUT2D eigenvalue weighted by Crippen LogP contribution is -2.23. The quantitative estimate of drug-likeness (QED) is 0.882. The van der Waals surface area contributed by atoms with Crippen LogP contribution in [0.5, 0.6) is 0 Å². The summed E-state index contributed by atoms with van der Waals surface area (Å²) in [6.07, 6.45) is 1.61. The van der Waals surface area contributed by atoms with Crippen molar-refractivity contribution < 1.29 is 4.79 Å². The number of carbonyl (C=O) groups excluding carboxylic acids is 1. The second-order valence-corrected chi connectivity index (χ2v) is 4.66. The highest BCUT2D eigenvalue weighted by molar-refractivity contribution is 7.09. The zero-order valence-corrected chi connectivity index (χ0v) is 11.0. The smallest absolute Gasteiger partial charge is 0.270 e. The summed E-state index contributed by atoms with van der Waals surface area (Å²) in [4.78, 5) is 21.1. The summed E-state index contributed by atoms with van der Waals surface area (Å²) in [6, 6.07) is 3.53. The van der Waals surface area contributed by atoms with E-state index in [1.54, 1.807) is 24.8 Å². The monoisotopic (exact) mass is 262 g/mol. The van der Waals surface area contributed by atoms with E-state index in [0.29, 0.717) is 12.2 Å². The summed E-state index contributed by atoms with van der Waals surface area (Å²) >= 11 is 1.54. The lowest BCUT2D eigenvalue weighted by molar-refractivity contribution is 0.0946. The van der Waals surface area contributed by atoms with Crippen LogP contribution in [-0.4, -0.2) is 22.9 Å². The number of amides is 1. The molecule has 94 valence electrons. The van der Waals surface area contributed by atoms with Crippen LogP contribution in [0.2, 0.25) is 0 Å². The molecule has 0 aromatic carbocycles. The standard InChI is InChI=1S/C12H14N4OS/c1-8-11(18-7-16-8)6-15-12(17)10-5-9(13-2)3-4-14-10/h3-5,7H,6H2,1-2H3,(H,13,14)(H,15,17). The van der Waals surface area contributed by atoms with Gasteiger partial charge in [0.15, 0.2) is 0 Å². The summed E-state index contributed by atoms with van der Waals surface area (Å²) < 4.78 is 0. The molecular formula is C12H14N4OS. The van der Waals surface area contributed by atoms with Gasteiger partial charge in [-0.2, -0.15) is 0 Å². The van der Waals surface area contributed by atoms with Crippen molar-refractivity contribution in [3.63, 3.8) is 0 Å². The second-order valence-electron chi connectivity index (χ2n) is 3.72. The molecule has 2 aromatic heterocycles. The molecule has 2 aromatic rings. The molecule has 2 heterocycles. The molecule has 5 nitrogen and oxygen atoms in total. The van der Waals surface area contributed by atoms with Crippen molar-refractivity contribution in [3.8, 4) is 0 Å². The van der Waals surface area contributed by atoms with E-state index in [1.807, 2.05) is 13.0 Å². The van der Waals surface area contributed by atoms with E-state index >= 15 is 0 Å². The maximum atomic E-state index is 11.9. The molecule has 0 radical (unpaired) electrons. The van der Waals surface area contributed by atoms with Crippen LogP contribution in [0, 0.1) is 6.92 Å². The third-order valence-electron chi connectivity index (χ3n) is 2.54. The molecule has 0 aliphatic carbocycles. The Hall–Kier alpha value is -1.95. The maximum absolute atomic E-state index is 11.9. The van der Waals surface area contributed by atoms with Crippen molar-refractivity contribution in [1.82, 2.24) is 15.3 Å². The number of thiazole rings is 1. The average Bonchev–Trinajstić information content (AvgIpc) is 2.81. The van der Waals surface area contributed by atoms with Gasteiger partial charge in [0, 0.05) is 23.8 Å². The molecule has 1 amide bonds. The third-order valence-corrected chi connectivity index (χ3v) is 3.47. The fourth-order valence-electron chi connectivity index (χ4n) is 1.46. The van der Waals surface area contributed by atoms with E-state index in [9.17, 15) is 4.79 Å². The lowest BCUT2D eigenvalue weighted by atomic mass is 10.3. The normalized spacial score (nSPS) is 10.1. The predicted octanol–water partition coefficient (Wildman–Crippen LogP) is 1.82. The summed E-state index contributed by atoms with van der Waals surface area (Å²) in [5, 5.41) is 5.81. The van der Waals surface area contributed by atoms with Gasteiger partial charge in [-0.15, -0.1) is 11.3 Å². The fraction of sp³-hybridized carbons (Fsp3) is 0.250. The zero-order chi connectivity index (χ0) is 13.0. The number of rotatable bonds is 4. The fourth-order valence-corrected chi connectivity index (χ4v) is 2.17. The van der Waals surface area contributed by atoms with Crippen LogP contribution in [-0.2, 0) is 6.54 Å². The Morgan fingerprint density at radius 1 is 1.44 bits per heavy atom. The van der Waals surface area contributed by atoms with Gasteiger partial charge in [-0.1, -0.05) is 0 Å². The molecular weight excluding hydrogens is 248 g/mol. The van der Waals surface area contributed by atoms with Gasteiger partial charge in [-0.3, -0.25) is 9.78 Å². The minimum Gasteiger partial charge on any atom is -0.388 e. The number of nitrogens with zero attached hydrogens (tertiary/aromatic N) is 2. The summed E-state index contributed by atoms with van der Waals surface area (Å²) in [6.45, 7) is 2.42. The minimum absolute atomic E-state index is 0.181. The van der Waals surface area contributed by atoms with E-state index in [0.717, 1.165) is 16.3 Å². The Bertz CT molecular complexity index is 553. The summed E-state index contributed by atoms with van der Waals surface area (Å²) in [5.74, 6) is -0.181. The summed E-state index contributed by atoms with van der Waals surface area (Å²) in [5.41, 5.74) is 4.00. The van der Waals surface area contributed by atoms with Crippen LogP contribution in [0.4, 0.5) is 5.69 Å². The van der Waals surface area contributed by atoms with Crippen LogP contribution in [0.3, 0.4) is 0 Å². The number of anilines is 1. The molecule has 18 heavy (non-hydrogen) atoms. The maximum Gasteiger partial charge on any atom is 0.270 e. The number of pyridine rings is 1. The number of carbonyl (C=O) groups is 1. The number of hydrogen-bond acceptors (Lipinski definition) is 5. The molecule has 2 N–H and O–H groups in total. The Kier molecular flexibility index (Phi) is 3.88. The van der Waals surface area contributed by atoms with Crippen LogP contribution < -0.4 is 10.6 Å². The van der Waals surface area contributed by atoms with Gasteiger partial charge < -0.3 is 10.6 Å². The Labute approximate surface area is 109 Å². The molecule has 0 aliphatic rings. The van der Waals surface area contributed by atoms with E-state index in [2.05, 4.69) is 20.6 Å². The van der Waals surface area contributed by atoms with Crippen LogP contribution in [0.25, 0.3) is 0 Å². The average molecular weight is 262 g/mol. The van der Waals surface area contributed by atoms with Crippen molar-refractivity contribution in [3.05, 3.63) is 40.1 Å². The van der Waals surface area contributed by atoms with Crippen LogP contribution in [0.15, 0.2) is 23.8 Å². The number of aryl methyl sites for hydroxylation is 1. The van der Waals surface area contributed by atoms with Crippen molar-refractivity contribution in [2.45, 2.75) is 13.5 Å². The molecule has 6 heteroatoms. The SMILES string of the molecule is CNc1ccnc(C(=O)NCc2scnc2C)c1. The lowest BCUT2D eigenvalue weighted by Gasteiger charge is -2.05. The summed E-state index contributed by atoms with van der Waals surface area (Å²) in [7, 11) is 1.80. The highest BCUT2D eigenvalue weighted by Gasteiger charge is 2.09. The first-order valence-corrected chi connectivity index (χ1v) is 6.39. The molecule has 2 rings (SSSR count). The largest absolute Gasteiger partial charge is 0.388 e. The highest BCUT2D eigenvalue weighted by atomic mass is 32.1. The van der Waals surface area contributed by atoms with Gasteiger partial charge in [-0.05, 0) is 19.1 Å². The molecule has 0 fully saturated rings. The van der Waals surface area contributed by atoms with Gasteiger partial charge in [0.1, 0.15) is 5.69 Å². The molecule has 0 saturated carbocycles. The van der Waals surface area contributed by atoms with Crippen LogP contribution in [0.1, 0.15) is 21.1 Å². The Morgan fingerprint density at radius 2 is 2.28 bits per heavy atom. The first kappa shape index (κ1) is 12.5. The topological polar surface area (TPSA) is 66.9 Å². The van der Waals surface area contributed by atoms with Crippen molar-refractivity contribution in [1.29, 1.82) is 0 Å². The molecule has 0 aliphatic heterocycles. The van der Waals surface area contributed by atoms with Crippen LogP contribution >= 0.6 is 11.3 Å². The number of nitrogens with one attached hydrogen (secondary N) is 2. The van der Waals surface area contributed by atoms with E-state index in [4.69, 9.17) is 0 Å². The van der Waals surface area contributed by atoms with Gasteiger partial charge in [-0.25, -0.2) is 4.98 Å². The van der Waals surface area contributed by atoms with Crippen molar-refractivity contribution in [2.75, 3.05) is 12.4 Å². The molecule has 0 bridgehead atoms. The van der Waals surface area contributed by atoms with Crippen molar-refractivity contribution >= 4 is 22.9 Å². The van der Waals surface area contributed by atoms with E-state index in [1.165, 1.54) is 11.3 Å². The van der Waals surface area contributed by atoms with Gasteiger partial charge >= 0.3 is 0 Å². The Morgan fingerprint density at radius 3 is 2.94 bits per heavy atom. The highest BCUT2D eigenvalue weighted by Crippen LogP contribution is 2.12. The Balaban J connectivity index is 2.01. The first-order chi connectivity index (χ1) is 8.70. The minimum atomic E-state index is -0.181. The van der Waals surface area contributed by atoms with E-state index < -0.39 is 0 Å². The molecule has 0 atom stereocenters. The molecule has 0 saturated heterocycles. The zero-order valence-electron chi connectivity index (χ0n) is 10.2. The van der Waals surface area contributed by atoms with E-state index in [-0.39, 0.29) is 5.91 Å². The third kappa shape index (κ3) is 2.84. The van der Waals surface area contributed by atoms with Gasteiger partial charge in [0.2, 0.25) is 0 Å². The second kappa shape index (κ2) is 5.59. The molecule has 0 unspecified atom stereocenters. The first-order valence-electron chi connectivity index (χ1n) is 5.51. The number of hydrogen-bond donors (Lipinski definition) is 2. The van der Waals surface area contributed by atoms with Gasteiger partial charge in [0.05, 0.1) is 17.7 Å². The van der Waals surface area contributed by atoms with Gasteiger partial charge in [0.25, 0.3) is 5.91 Å². The van der Waals surface area contributed by atoms with Crippen molar-refractivity contribution in [2.24, 2.45) is 0 Å². The predicted molar refractivity (Wildman–Crippen MR) is 71.8 cm³/mol. The molecule has 0 spiro atoms. The number of aromatic nitrogens is 2.